The highest BCUT2D eigenvalue weighted by Gasteiger charge is 2.47. The van der Waals surface area contributed by atoms with Crippen LogP contribution in [0.2, 0.25) is 0 Å². The molecule has 0 radical (unpaired) electrons. The fraction of sp³-hybridized carbons (Fsp3) is 0.160. The zero-order valence-corrected chi connectivity index (χ0v) is 17.8. The molecule has 1 aromatic carbocycles. The highest BCUT2D eigenvalue weighted by molar-refractivity contribution is 6.51. The normalized spacial score (nSPS) is 17.2. The Balaban J connectivity index is 1.80. The number of aliphatic hydroxyl groups excluding tert-OH is 1. The summed E-state index contributed by atoms with van der Waals surface area (Å²) in [6.45, 7) is 2.21. The number of amides is 1. The number of hydrogen-bond acceptors (Lipinski definition) is 7. The van der Waals surface area contributed by atoms with Crippen molar-refractivity contribution in [2.75, 3.05) is 11.5 Å². The minimum Gasteiger partial charge on any atom is -0.507 e. The van der Waals surface area contributed by atoms with Crippen LogP contribution in [0.4, 0.5) is 5.69 Å². The number of anilines is 1. The van der Waals surface area contributed by atoms with Crippen molar-refractivity contribution in [3.05, 3.63) is 95.6 Å². The Morgan fingerprint density at radius 3 is 2.36 bits per heavy atom. The molecular formula is C25H21N3O5. The van der Waals surface area contributed by atoms with Gasteiger partial charge >= 0.3 is 5.97 Å². The molecule has 0 saturated carbocycles. The van der Waals surface area contributed by atoms with E-state index >= 15 is 0 Å². The SMILES string of the molecule is CCCOC(=O)c1ccc(N2C(=O)C(=O)/C(=C(/O)c3ccncc3)C2c2ccccn2)cc1. The van der Waals surface area contributed by atoms with Gasteiger partial charge in [-0.25, -0.2) is 4.79 Å². The van der Waals surface area contributed by atoms with Gasteiger partial charge < -0.3 is 9.84 Å². The number of nitrogens with zero attached hydrogens (tertiary/aromatic N) is 3. The second-order valence-corrected chi connectivity index (χ2v) is 7.34. The van der Waals surface area contributed by atoms with E-state index in [4.69, 9.17) is 4.74 Å². The maximum atomic E-state index is 13.1. The molecule has 33 heavy (non-hydrogen) atoms. The molecule has 3 heterocycles. The molecule has 2 aromatic heterocycles. The Hall–Kier alpha value is -4.33. The van der Waals surface area contributed by atoms with Gasteiger partial charge in [0.15, 0.2) is 0 Å². The second kappa shape index (κ2) is 9.44. The molecule has 1 saturated heterocycles. The zero-order valence-electron chi connectivity index (χ0n) is 17.8. The number of pyridine rings is 2. The number of aliphatic hydroxyl groups is 1. The number of hydrogen-bond donors (Lipinski definition) is 1. The maximum Gasteiger partial charge on any atom is 0.338 e. The number of rotatable bonds is 6. The van der Waals surface area contributed by atoms with Crippen LogP contribution < -0.4 is 4.90 Å². The third kappa shape index (κ3) is 4.23. The van der Waals surface area contributed by atoms with Gasteiger partial charge in [0.1, 0.15) is 11.8 Å². The lowest BCUT2D eigenvalue weighted by Gasteiger charge is -2.24. The zero-order chi connectivity index (χ0) is 23.4. The van der Waals surface area contributed by atoms with Crippen LogP contribution >= 0.6 is 0 Å². The number of ketones is 1. The van der Waals surface area contributed by atoms with E-state index in [1.165, 1.54) is 29.4 Å². The summed E-state index contributed by atoms with van der Waals surface area (Å²) < 4.78 is 5.14. The Kier molecular flexibility index (Phi) is 6.26. The van der Waals surface area contributed by atoms with Crippen LogP contribution in [-0.4, -0.2) is 39.3 Å². The molecule has 1 aliphatic rings. The number of ether oxygens (including phenoxy) is 1. The number of carbonyl (C=O) groups is 3. The molecule has 4 rings (SSSR count). The van der Waals surface area contributed by atoms with E-state index in [9.17, 15) is 19.5 Å². The molecule has 8 nitrogen and oxygen atoms in total. The first-order chi connectivity index (χ1) is 16.0. The van der Waals surface area contributed by atoms with Gasteiger partial charge in [-0.3, -0.25) is 24.5 Å². The first-order valence-corrected chi connectivity index (χ1v) is 10.4. The lowest BCUT2D eigenvalue weighted by molar-refractivity contribution is -0.132. The summed E-state index contributed by atoms with van der Waals surface area (Å²) in [5.41, 5.74) is 1.41. The van der Waals surface area contributed by atoms with Gasteiger partial charge in [-0.15, -0.1) is 0 Å². The van der Waals surface area contributed by atoms with Crippen LogP contribution in [0.15, 0.2) is 78.8 Å². The Morgan fingerprint density at radius 1 is 1.00 bits per heavy atom. The smallest absolute Gasteiger partial charge is 0.338 e. The summed E-state index contributed by atoms with van der Waals surface area (Å²) in [5, 5.41) is 11.0. The first-order valence-electron chi connectivity index (χ1n) is 10.4. The average Bonchev–Trinajstić information content (AvgIpc) is 3.13. The Labute approximate surface area is 190 Å². The van der Waals surface area contributed by atoms with E-state index < -0.39 is 23.7 Å². The van der Waals surface area contributed by atoms with Gasteiger partial charge in [0.2, 0.25) is 0 Å². The number of Topliss-reactive ketones (excluding diaryl/α,β-unsaturated/α-hetero) is 1. The summed E-state index contributed by atoms with van der Waals surface area (Å²) in [7, 11) is 0. The lowest BCUT2D eigenvalue weighted by atomic mass is 9.98. The standard InChI is InChI=1S/C25H21N3O5/c1-2-15-33-25(32)17-6-8-18(9-7-17)28-21(19-5-3-4-12-27-19)20(23(30)24(28)31)22(29)16-10-13-26-14-11-16/h3-14,21,29H,2,15H2,1H3/b22-20+. The van der Waals surface area contributed by atoms with Crippen molar-refractivity contribution < 1.29 is 24.2 Å². The van der Waals surface area contributed by atoms with Crippen LogP contribution in [0.3, 0.4) is 0 Å². The molecular weight excluding hydrogens is 422 g/mol. The fourth-order valence-electron chi connectivity index (χ4n) is 3.62. The monoisotopic (exact) mass is 443 g/mol. The van der Waals surface area contributed by atoms with E-state index in [2.05, 4.69) is 9.97 Å². The highest BCUT2D eigenvalue weighted by atomic mass is 16.5. The molecule has 0 spiro atoms. The van der Waals surface area contributed by atoms with Crippen molar-refractivity contribution in [3.8, 4) is 0 Å². The number of benzene rings is 1. The van der Waals surface area contributed by atoms with Crippen molar-refractivity contribution in [2.45, 2.75) is 19.4 Å². The molecule has 0 bridgehead atoms. The van der Waals surface area contributed by atoms with E-state index in [1.807, 2.05) is 6.92 Å². The van der Waals surface area contributed by atoms with Crippen LogP contribution in [0.5, 0.6) is 0 Å². The molecule has 1 fully saturated rings. The van der Waals surface area contributed by atoms with Gasteiger partial charge in [-0.1, -0.05) is 13.0 Å². The number of carbonyl (C=O) groups excluding carboxylic acids is 3. The molecule has 1 amide bonds. The van der Waals surface area contributed by atoms with Crippen LogP contribution in [0.1, 0.15) is 41.0 Å². The molecule has 1 aliphatic heterocycles. The Bertz CT molecular complexity index is 1210. The third-order valence-corrected chi connectivity index (χ3v) is 5.18. The average molecular weight is 443 g/mol. The molecule has 1 N–H and O–H groups in total. The molecule has 1 atom stereocenters. The van der Waals surface area contributed by atoms with Crippen LogP contribution in [-0.2, 0) is 14.3 Å². The molecule has 0 aliphatic carbocycles. The highest BCUT2D eigenvalue weighted by Crippen LogP contribution is 2.41. The molecule has 8 heteroatoms. The van der Waals surface area contributed by atoms with Gasteiger partial charge in [-0.2, -0.15) is 0 Å². The van der Waals surface area contributed by atoms with Gasteiger partial charge in [0, 0.05) is 29.8 Å². The third-order valence-electron chi connectivity index (χ3n) is 5.18. The topological polar surface area (TPSA) is 110 Å². The second-order valence-electron chi connectivity index (χ2n) is 7.34. The first kappa shape index (κ1) is 21.9. The fourth-order valence-corrected chi connectivity index (χ4v) is 3.62. The number of esters is 1. The van der Waals surface area contributed by atoms with Crippen LogP contribution in [0, 0.1) is 0 Å². The summed E-state index contributed by atoms with van der Waals surface area (Å²) >= 11 is 0. The maximum absolute atomic E-state index is 13.1. The summed E-state index contributed by atoms with van der Waals surface area (Å²) in [6.07, 6.45) is 5.22. The Morgan fingerprint density at radius 2 is 1.73 bits per heavy atom. The predicted molar refractivity (Wildman–Crippen MR) is 120 cm³/mol. The van der Waals surface area contributed by atoms with Gasteiger partial charge in [0.25, 0.3) is 11.7 Å². The van der Waals surface area contributed by atoms with Crippen molar-refractivity contribution >= 4 is 29.1 Å². The van der Waals surface area contributed by atoms with Crippen molar-refractivity contribution in [1.29, 1.82) is 0 Å². The van der Waals surface area contributed by atoms with E-state index in [0.29, 0.717) is 35.5 Å². The van der Waals surface area contributed by atoms with E-state index in [-0.39, 0.29) is 11.3 Å². The van der Waals surface area contributed by atoms with Crippen molar-refractivity contribution in [3.63, 3.8) is 0 Å². The largest absolute Gasteiger partial charge is 0.507 e. The summed E-state index contributed by atoms with van der Waals surface area (Å²) in [6, 6.07) is 13.5. The van der Waals surface area contributed by atoms with Gasteiger partial charge in [0.05, 0.1) is 23.4 Å². The number of aromatic nitrogens is 2. The van der Waals surface area contributed by atoms with Crippen molar-refractivity contribution in [1.82, 2.24) is 9.97 Å². The summed E-state index contributed by atoms with van der Waals surface area (Å²) in [5.74, 6) is -2.41. The van der Waals surface area contributed by atoms with Crippen LogP contribution in [0.25, 0.3) is 5.76 Å². The van der Waals surface area contributed by atoms with Gasteiger partial charge in [-0.05, 0) is 55.0 Å². The minimum atomic E-state index is -0.947. The lowest BCUT2D eigenvalue weighted by Crippen LogP contribution is -2.29. The summed E-state index contributed by atoms with van der Waals surface area (Å²) in [4.78, 5) is 47.8. The predicted octanol–water partition coefficient (Wildman–Crippen LogP) is 3.67. The quantitative estimate of drug-likeness (QED) is 0.268. The molecule has 166 valence electrons. The minimum absolute atomic E-state index is 0.0728. The molecule has 3 aromatic rings. The van der Waals surface area contributed by atoms with Crippen molar-refractivity contribution in [2.24, 2.45) is 0 Å². The van der Waals surface area contributed by atoms with E-state index in [0.717, 1.165) is 0 Å². The molecule has 1 unspecified atom stereocenters. The van der Waals surface area contributed by atoms with E-state index in [1.54, 1.807) is 48.7 Å².